The smallest absolute Gasteiger partial charge is 0.0537 e. The summed E-state index contributed by atoms with van der Waals surface area (Å²) in [6.45, 7) is 4.61. The van der Waals surface area contributed by atoms with Crippen molar-refractivity contribution < 1.29 is 5.11 Å². The molecule has 1 N–H and O–H groups in total. The van der Waals surface area contributed by atoms with Gasteiger partial charge in [-0.3, -0.25) is 0 Å². The van der Waals surface area contributed by atoms with Crippen LogP contribution in [0.1, 0.15) is 17.5 Å². The van der Waals surface area contributed by atoms with E-state index < -0.39 is 0 Å². The van der Waals surface area contributed by atoms with Crippen LogP contribution >= 0.6 is 11.8 Å². The average Bonchev–Trinajstić information content (AvgIpc) is 2.27. The van der Waals surface area contributed by atoms with Gasteiger partial charge in [0.2, 0.25) is 0 Å². The number of aliphatic hydroxyl groups is 1. The Balaban J connectivity index is 2.40. The number of hydrogen-bond acceptors (Lipinski definition) is 3. The fourth-order valence-electron chi connectivity index (χ4n) is 2.29. The minimum atomic E-state index is 0.274. The Morgan fingerprint density at radius 2 is 2.06 bits per heavy atom. The fraction of sp³-hybridized carbons (Fsp3) is 0.538. The number of aliphatic hydroxyl groups excluding tert-OH is 1. The Labute approximate surface area is 102 Å². The lowest BCUT2D eigenvalue weighted by atomic mass is 10.1. The predicted molar refractivity (Wildman–Crippen MR) is 70.5 cm³/mol. The molecule has 1 aliphatic heterocycles. The highest BCUT2D eigenvalue weighted by molar-refractivity contribution is 7.99. The van der Waals surface area contributed by atoms with Gasteiger partial charge in [-0.15, -0.1) is 11.8 Å². The minimum absolute atomic E-state index is 0.274. The summed E-state index contributed by atoms with van der Waals surface area (Å²) >= 11 is 1.93. The first-order chi connectivity index (χ1) is 7.65. The molecule has 0 bridgehead atoms. The molecule has 1 aliphatic rings. The molecule has 1 unspecified atom stereocenters. The molecule has 0 aliphatic carbocycles. The topological polar surface area (TPSA) is 23.5 Å². The van der Waals surface area contributed by atoms with Gasteiger partial charge in [0.05, 0.1) is 5.69 Å². The summed E-state index contributed by atoms with van der Waals surface area (Å²) in [7, 11) is 2.14. The van der Waals surface area contributed by atoms with E-state index in [-0.39, 0.29) is 6.61 Å². The van der Waals surface area contributed by atoms with E-state index in [2.05, 4.69) is 37.9 Å². The number of hydrogen-bond donors (Lipinski definition) is 1. The third-order valence-corrected chi connectivity index (χ3v) is 4.67. The predicted octanol–water partition coefficient (Wildman–Crippen LogP) is 2.60. The van der Waals surface area contributed by atoms with Crippen LogP contribution in [0.2, 0.25) is 0 Å². The van der Waals surface area contributed by atoms with Gasteiger partial charge in [0, 0.05) is 30.3 Å². The third kappa shape index (κ3) is 1.94. The molecule has 1 aromatic carbocycles. The van der Waals surface area contributed by atoms with E-state index in [0.29, 0.717) is 6.04 Å². The van der Waals surface area contributed by atoms with Crippen molar-refractivity contribution in [2.75, 3.05) is 24.3 Å². The van der Waals surface area contributed by atoms with Crippen LogP contribution in [-0.4, -0.2) is 30.6 Å². The molecule has 0 radical (unpaired) electrons. The number of nitrogens with zero attached hydrogens (tertiary/aromatic N) is 1. The van der Waals surface area contributed by atoms with Gasteiger partial charge in [0.1, 0.15) is 0 Å². The van der Waals surface area contributed by atoms with Gasteiger partial charge in [-0.05, 0) is 31.4 Å². The van der Waals surface area contributed by atoms with Gasteiger partial charge in [-0.2, -0.15) is 0 Å². The summed E-state index contributed by atoms with van der Waals surface area (Å²) in [6, 6.07) is 4.84. The lowest BCUT2D eigenvalue weighted by Gasteiger charge is -2.37. The highest BCUT2D eigenvalue weighted by atomic mass is 32.2. The maximum absolute atomic E-state index is 9.07. The molecule has 1 atom stereocenters. The van der Waals surface area contributed by atoms with E-state index in [1.54, 1.807) is 0 Å². The van der Waals surface area contributed by atoms with Crippen molar-refractivity contribution in [2.45, 2.75) is 31.2 Å². The molecule has 0 fully saturated rings. The van der Waals surface area contributed by atoms with Crippen LogP contribution in [0.5, 0.6) is 0 Å². The van der Waals surface area contributed by atoms with Crippen molar-refractivity contribution in [1.82, 2.24) is 0 Å². The van der Waals surface area contributed by atoms with Crippen molar-refractivity contribution >= 4 is 17.4 Å². The Morgan fingerprint density at radius 3 is 2.75 bits per heavy atom. The molecule has 3 heteroatoms. The number of aryl methyl sites for hydroxylation is 2. The van der Waals surface area contributed by atoms with Crippen molar-refractivity contribution in [3.8, 4) is 0 Å². The Hall–Kier alpha value is -0.670. The maximum atomic E-state index is 9.07. The summed E-state index contributed by atoms with van der Waals surface area (Å²) in [5, 5.41) is 9.07. The molecule has 0 saturated carbocycles. The van der Waals surface area contributed by atoms with Gasteiger partial charge >= 0.3 is 0 Å². The molecule has 0 amide bonds. The Morgan fingerprint density at radius 1 is 1.38 bits per heavy atom. The standard InChI is InChI=1S/C13H19NOS/c1-9-4-5-10(2)13-12(9)14(3)11(6-7-15)8-16-13/h4-5,11,15H,6-8H2,1-3H3. The highest BCUT2D eigenvalue weighted by Crippen LogP contribution is 2.41. The van der Waals surface area contributed by atoms with E-state index in [4.69, 9.17) is 5.11 Å². The lowest BCUT2D eigenvalue weighted by molar-refractivity contribution is 0.277. The largest absolute Gasteiger partial charge is 0.396 e. The zero-order chi connectivity index (χ0) is 11.7. The normalized spacial score (nSPS) is 19.8. The minimum Gasteiger partial charge on any atom is -0.396 e. The summed E-state index contributed by atoms with van der Waals surface area (Å²) < 4.78 is 0. The monoisotopic (exact) mass is 237 g/mol. The highest BCUT2D eigenvalue weighted by Gasteiger charge is 2.25. The second kappa shape index (κ2) is 4.68. The van der Waals surface area contributed by atoms with E-state index in [1.807, 2.05) is 11.8 Å². The molecule has 0 aromatic heterocycles. The lowest BCUT2D eigenvalue weighted by Crippen LogP contribution is -2.38. The third-order valence-electron chi connectivity index (χ3n) is 3.31. The quantitative estimate of drug-likeness (QED) is 0.855. The molecule has 2 rings (SSSR count). The van der Waals surface area contributed by atoms with Gasteiger partial charge in [-0.1, -0.05) is 12.1 Å². The van der Waals surface area contributed by atoms with Crippen molar-refractivity contribution in [3.63, 3.8) is 0 Å². The first kappa shape index (κ1) is 11.8. The number of thioether (sulfide) groups is 1. The first-order valence-corrected chi connectivity index (χ1v) is 6.70. The molecule has 0 spiro atoms. The molecule has 88 valence electrons. The zero-order valence-electron chi connectivity index (χ0n) is 10.2. The molecule has 1 aromatic rings. The van der Waals surface area contributed by atoms with E-state index in [0.717, 1.165) is 12.2 Å². The van der Waals surface area contributed by atoms with Gasteiger partial charge in [0.25, 0.3) is 0 Å². The average molecular weight is 237 g/mol. The molecule has 1 heterocycles. The molecular weight excluding hydrogens is 218 g/mol. The summed E-state index contributed by atoms with van der Waals surface area (Å²) in [4.78, 5) is 3.75. The summed E-state index contributed by atoms with van der Waals surface area (Å²) in [5.41, 5.74) is 4.05. The second-order valence-electron chi connectivity index (χ2n) is 4.47. The second-order valence-corrected chi connectivity index (χ2v) is 5.50. The van der Waals surface area contributed by atoms with Crippen LogP contribution in [0.3, 0.4) is 0 Å². The van der Waals surface area contributed by atoms with Crippen LogP contribution in [0, 0.1) is 13.8 Å². The Bertz CT molecular complexity index is 392. The van der Waals surface area contributed by atoms with Crippen molar-refractivity contribution in [1.29, 1.82) is 0 Å². The van der Waals surface area contributed by atoms with Gasteiger partial charge < -0.3 is 10.0 Å². The zero-order valence-corrected chi connectivity index (χ0v) is 11.0. The van der Waals surface area contributed by atoms with Crippen LogP contribution in [0.25, 0.3) is 0 Å². The number of anilines is 1. The SMILES string of the molecule is Cc1ccc(C)c2c1SCC(CCO)N2C. The van der Waals surface area contributed by atoms with Crippen LogP contribution in [-0.2, 0) is 0 Å². The van der Waals surface area contributed by atoms with E-state index in [9.17, 15) is 0 Å². The molecule has 2 nitrogen and oxygen atoms in total. The molecular formula is C13H19NOS. The van der Waals surface area contributed by atoms with Crippen molar-refractivity contribution in [2.24, 2.45) is 0 Å². The van der Waals surface area contributed by atoms with Crippen LogP contribution in [0.4, 0.5) is 5.69 Å². The number of fused-ring (bicyclic) bond motifs is 1. The van der Waals surface area contributed by atoms with Crippen molar-refractivity contribution in [3.05, 3.63) is 23.3 Å². The van der Waals surface area contributed by atoms with Gasteiger partial charge in [0.15, 0.2) is 0 Å². The van der Waals surface area contributed by atoms with Crippen LogP contribution < -0.4 is 4.90 Å². The molecule has 16 heavy (non-hydrogen) atoms. The van der Waals surface area contributed by atoms with Gasteiger partial charge in [-0.25, -0.2) is 0 Å². The van der Waals surface area contributed by atoms with E-state index in [1.165, 1.54) is 21.7 Å². The van der Waals surface area contributed by atoms with E-state index >= 15 is 0 Å². The van der Waals surface area contributed by atoms with Crippen LogP contribution in [0.15, 0.2) is 17.0 Å². The summed E-state index contributed by atoms with van der Waals surface area (Å²) in [5.74, 6) is 1.08. The number of benzene rings is 1. The molecule has 0 saturated heterocycles. The maximum Gasteiger partial charge on any atom is 0.0537 e. The first-order valence-electron chi connectivity index (χ1n) is 5.72. The Kier molecular flexibility index (Phi) is 3.45. The fourth-order valence-corrected chi connectivity index (χ4v) is 3.78. The number of rotatable bonds is 2. The summed E-state index contributed by atoms with van der Waals surface area (Å²) in [6.07, 6.45) is 0.857.